The van der Waals surface area contributed by atoms with Gasteiger partial charge in [-0.25, -0.2) is 15.0 Å². The second kappa shape index (κ2) is 5.49. The minimum absolute atomic E-state index is 0.307. The lowest BCUT2D eigenvalue weighted by molar-refractivity contribution is 0.00763. The van der Waals surface area contributed by atoms with E-state index in [1.165, 1.54) is 0 Å². The first-order valence-corrected chi connectivity index (χ1v) is 7.44. The molecule has 0 radical (unpaired) electrons. The van der Waals surface area contributed by atoms with E-state index in [9.17, 15) is 8.78 Å². The second-order valence-corrected chi connectivity index (χ2v) is 5.68. The molecule has 0 spiro atoms. The maximum atomic E-state index is 13.6. The van der Waals surface area contributed by atoms with E-state index in [0.29, 0.717) is 28.8 Å². The van der Waals surface area contributed by atoms with Gasteiger partial charge in [-0.1, -0.05) is 11.6 Å². The number of pyridine rings is 1. The number of fused-ring (bicyclic) bond motifs is 1. The van der Waals surface area contributed by atoms with Crippen LogP contribution in [0.5, 0.6) is 0 Å². The summed E-state index contributed by atoms with van der Waals surface area (Å²) in [6, 6.07) is 3.29. The van der Waals surface area contributed by atoms with Crippen LogP contribution in [0.25, 0.3) is 22.3 Å². The maximum Gasteiger partial charge on any atom is 0.303 e. The van der Waals surface area contributed by atoms with Crippen molar-refractivity contribution in [1.82, 2.24) is 24.7 Å². The van der Waals surface area contributed by atoms with Crippen LogP contribution in [0.3, 0.4) is 0 Å². The molecule has 0 fully saturated rings. The first-order chi connectivity index (χ1) is 10.8. The molecule has 0 aliphatic rings. The molecule has 0 aliphatic heterocycles. The minimum atomic E-state index is -3.12. The lowest BCUT2D eigenvalue weighted by atomic mass is 10.1. The molecule has 0 atom stereocenters. The van der Waals surface area contributed by atoms with Crippen molar-refractivity contribution in [3.63, 3.8) is 0 Å². The van der Waals surface area contributed by atoms with E-state index in [4.69, 9.17) is 11.6 Å². The third-order valence-electron chi connectivity index (χ3n) is 3.39. The van der Waals surface area contributed by atoms with Gasteiger partial charge in [0.1, 0.15) is 10.8 Å². The summed E-state index contributed by atoms with van der Waals surface area (Å²) < 4.78 is 28.9. The van der Waals surface area contributed by atoms with Crippen molar-refractivity contribution in [3.05, 3.63) is 35.0 Å². The first kappa shape index (κ1) is 15.7. The van der Waals surface area contributed by atoms with Crippen molar-refractivity contribution in [2.75, 3.05) is 0 Å². The van der Waals surface area contributed by atoms with Gasteiger partial charge in [-0.2, -0.15) is 13.9 Å². The summed E-state index contributed by atoms with van der Waals surface area (Å²) in [7, 11) is 0. The molecular weight excluding hydrogens is 324 g/mol. The molecule has 0 amide bonds. The molecule has 3 heterocycles. The van der Waals surface area contributed by atoms with E-state index in [-0.39, 0.29) is 0 Å². The Balaban J connectivity index is 2.29. The third-order valence-corrected chi connectivity index (χ3v) is 3.60. The fourth-order valence-electron chi connectivity index (χ4n) is 2.36. The largest absolute Gasteiger partial charge is 0.303 e. The Kier molecular flexibility index (Phi) is 3.75. The van der Waals surface area contributed by atoms with Gasteiger partial charge in [-0.3, -0.25) is 4.68 Å². The third kappa shape index (κ3) is 2.88. The Hall–Kier alpha value is -2.15. The number of alkyl halides is 2. The molecule has 8 heteroatoms. The zero-order chi connectivity index (χ0) is 16.8. The summed E-state index contributed by atoms with van der Waals surface area (Å²) in [4.78, 5) is 11.9. The zero-order valence-corrected chi connectivity index (χ0v) is 13.6. The molecule has 120 valence electrons. The number of rotatable bonds is 3. The average Bonchev–Trinajstić information content (AvgIpc) is 2.83. The lowest BCUT2D eigenvalue weighted by Gasteiger charge is -2.10. The Morgan fingerprint density at radius 3 is 2.65 bits per heavy atom. The van der Waals surface area contributed by atoms with Crippen LogP contribution < -0.4 is 0 Å². The van der Waals surface area contributed by atoms with Crippen molar-refractivity contribution in [2.24, 2.45) is 0 Å². The predicted octanol–water partition coefficient (Wildman–Crippen LogP) is 3.98. The number of aryl methyl sites for hydroxylation is 2. The number of aromatic nitrogens is 5. The van der Waals surface area contributed by atoms with Crippen LogP contribution in [0.1, 0.15) is 25.4 Å². The van der Waals surface area contributed by atoms with E-state index < -0.39 is 11.7 Å². The standard InChI is InChI=1S/C15H14ClF2N5/c1-4-23-11-7-19-12(16)6-9(11)13(22-23)10-5-8(2)20-14(21-10)15(3,17)18/h5-7H,4H2,1-3H3. The molecule has 0 bridgehead atoms. The molecule has 5 nitrogen and oxygen atoms in total. The van der Waals surface area contributed by atoms with Crippen LogP contribution in [0.4, 0.5) is 8.78 Å². The van der Waals surface area contributed by atoms with Gasteiger partial charge in [0.05, 0.1) is 17.4 Å². The van der Waals surface area contributed by atoms with E-state index in [0.717, 1.165) is 17.8 Å². The highest BCUT2D eigenvalue weighted by Crippen LogP contribution is 2.31. The molecule has 0 saturated heterocycles. The quantitative estimate of drug-likeness (QED) is 0.678. The predicted molar refractivity (Wildman–Crippen MR) is 83.5 cm³/mol. The van der Waals surface area contributed by atoms with E-state index in [1.54, 1.807) is 29.9 Å². The summed E-state index contributed by atoms with van der Waals surface area (Å²) in [6.07, 6.45) is 1.61. The molecule has 3 aromatic rings. The van der Waals surface area contributed by atoms with Gasteiger partial charge in [0.2, 0.25) is 0 Å². The van der Waals surface area contributed by atoms with Gasteiger partial charge >= 0.3 is 5.92 Å². The fraction of sp³-hybridized carbons (Fsp3) is 0.333. The first-order valence-electron chi connectivity index (χ1n) is 7.06. The van der Waals surface area contributed by atoms with E-state index in [2.05, 4.69) is 20.1 Å². The highest BCUT2D eigenvalue weighted by molar-refractivity contribution is 6.30. The molecule has 0 saturated carbocycles. The summed E-state index contributed by atoms with van der Waals surface area (Å²) in [5.41, 5.74) is 2.05. The highest BCUT2D eigenvalue weighted by atomic mass is 35.5. The maximum absolute atomic E-state index is 13.6. The van der Waals surface area contributed by atoms with Crippen molar-refractivity contribution >= 4 is 22.5 Å². The molecule has 0 N–H and O–H groups in total. The van der Waals surface area contributed by atoms with Crippen LogP contribution in [0.15, 0.2) is 18.3 Å². The normalized spacial score (nSPS) is 12.1. The number of nitrogens with zero attached hydrogens (tertiary/aromatic N) is 5. The molecule has 0 unspecified atom stereocenters. The van der Waals surface area contributed by atoms with E-state index in [1.807, 2.05) is 6.92 Å². The van der Waals surface area contributed by atoms with Crippen molar-refractivity contribution < 1.29 is 8.78 Å². The molecule has 3 aromatic heterocycles. The zero-order valence-electron chi connectivity index (χ0n) is 12.8. The van der Waals surface area contributed by atoms with Crippen molar-refractivity contribution in [1.29, 1.82) is 0 Å². The van der Waals surface area contributed by atoms with Gasteiger partial charge in [0.25, 0.3) is 0 Å². The molecule has 23 heavy (non-hydrogen) atoms. The van der Waals surface area contributed by atoms with Gasteiger partial charge in [0.15, 0.2) is 5.82 Å². The number of halogens is 3. The topological polar surface area (TPSA) is 56.5 Å². The van der Waals surface area contributed by atoms with Gasteiger partial charge in [-0.15, -0.1) is 0 Å². The Bertz CT molecular complexity index is 885. The Morgan fingerprint density at radius 1 is 1.26 bits per heavy atom. The minimum Gasteiger partial charge on any atom is -0.263 e. The second-order valence-electron chi connectivity index (χ2n) is 5.30. The summed E-state index contributed by atoms with van der Waals surface area (Å²) in [6.45, 7) is 4.96. The van der Waals surface area contributed by atoms with Crippen LogP contribution >= 0.6 is 11.6 Å². The van der Waals surface area contributed by atoms with Gasteiger partial charge in [-0.05, 0) is 26.0 Å². The fourth-order valence-corrected chi connectivity index (χ4v) is 2.52. The monoisotopic (exact) mass is 337 g/mol. The highest BCUT2D eigenvalue weighted by Gasteiger charge is 2.29. The van der Waals surface area contributed by atoms with Crippen molar-refractivity contribution in [2.45, 2.75) is 33.2 Å². The number of hydrogen-bond donors (Lipinski definition) is 0. The number of hydrogen-bond acceptors (Lipinski definition) is 4. The van der Waals surface area contributed by atoms with Crippen LogP contribution in [0.2, 0.25) is 5.15 Å². The van der Waals surface area contributed by atoms with E-state index >= 15 is 0 Å². The van der Waals surface area contributed by atoms with Crippen LogP contribution in [-0.2, 0) is 12.5 Å². The summed E-state index contributed by atoms with van der Waals surface area (Å²) in [5.74, 6) is -3.64. The lowest BCUT2D eigenvalue weighted by Crippen LogP contribution is -2.14. The SMILES string of the molecule is CCn1nc(-c2cc(C)nc(C(C)(F)F)n2)c2cc(Cl)ncc21. The smallest absolute Gasteiger partial charge is 0.263 e. The Labute approximate surface area is 136 Å². The summed E-state index contributed by atoms with van der Waals surface area (Å²) in [5, 5.41) is 5.49. The van der Waals surface area contributed by atoms with Gasteiger partial charge < -0.3 is 0 Å². The Morgan fingerprint density at radius 2 is 2.00 bits per heavy atom. The average molecular weight is 338 g/mol. The molecule has 0 aromatic carbocycles. The molecule has 0 aliphatic carbocycles. The van der Waals surface area contributed by atoms with Gasteiger partial charge in [0, 0.05) is 24.5 Å². The van der Waals surface area contributed by atoms with Crippen LogP contribution in [-0.4, -0.2) is 24.7 Å². The summed E-state index contributed by atoms with van der Waals surface area (Å²) >= 11 is 5.96. The van der Waals surface area contributed by atoms with Crippen LogP contribution in [0, 0.1) is 6.92 Å². The molecule has 3 rings (SSSR count). The van der Waals surface area contributed by atoms with Crippen molar-refractivity contribution in [3.8, 4) is 11.4 Å². The molecular formula is C15H14ClF2N5.